The Morgan fingerprint density at radius 2 is 1.89 bits per heavy atom. The van der Waals surface area contributed by atoms with Crippen molar-refractivity contribution in [2.75, 3.05) is 40.9 Å². The van der Waals surface area contributed by atoms with Crippen LogP contribution < -0.4 is 9.47 Å². The Balaban J connectivity index is 1.55. The summed E-state index contributed by atoms with van der Waals surface area (Å²) in [5, 5.41) is 0. The normalized spacial score (nSPS) is 24.5. The van der Waals surface area contributed by atoms with Crippen molar-refractivity contribution in [3.63, 3.8) is 0 Å². The number of likely N-dealkylation sites (tertiary alicyclic amines) is 1. The molecule has 1 amide bonds. The summed E-state index contributed by atoms with van der Waals surface area (Å²) in [5.74, 6) is 2.28. The summed E-state index contributed by atoms with van der Waals surface area (Å²) in [6.07, 6.45) is 9.74. The number of hydrogen-bond donors (Lipinski definition) is 0. The lowest BCUT2D eigenvalue weighted by Crippen LogP contribution is -2.56. The summed E-state index contributed by atoms with van der Waals surface area (Å²) in [5.41, 5.74) is 2.34. The van der Waals surface area contributed by atoms with Gasteiger partial charge in [-0.15, -0.1) is 6.58 Å². The molecule has 2 aromatic carbocycles. The number of carbonyl (C=O) groups is 1. The third-order valence-corrected chi connectivity index (χ3v) is 8.02. The summed E-state index contributed by atoms with van der Waals surface area (Å²) in [4.78, 5) is 17.6. The predicted octanol–water partition coefficient (Wildman–Crippen LogP) is 5.17. The molecule has 0 unspecified atom stereocenters. The number of hydrogen-bond acceptors (Lipinski definition) is 4. The fourth-order valence-corrected chi connectivity index (χ4v) is 6.01. The second kappa shape index (κ2) is 11.1. The molecule has 3 atom stereocenters. The van der Waals surface area contributed by atoms with Gasteiger partial charge in [0.1, 0.15) is 11.5 Å². The largest absolute Gasteiger partial charge is 0.497 e. The zero-order valence-corrected chi connectivity index (χ0v) is 21.3. The van der Waals surface area contributed by atoms with E-state index in [2.05, 4.69) is 29.7 Å². The maximum Gasteiger partial charge on any atom is 0.246 e. The number of benzene rings is 2. The molecule has 0 bridgehead atoms. The first-order valence-electron chi connectivity index (χ1n) is 12.6. The molecule has 2 fully saturated rings. The number of amides is 1. The van der Waals surface area contributed by atoms with Gasteiger partial charge in [0.15, 0.2) is 0 Å². The number of likely N-dealkylation sites (N-methyl/N-ethyl adjacent to an activating group) is 1. The maximum absolute atomic E-state index is 13.2. The third kappa shape index (κ3) is 5.46. The minimum atomic E-state index is 0.0418. The van der Waals surface area contributed by atoms with E-state index >= 15 is 0 Å². The summed E-state index contributed by atoms with van der Waals surface area (Å²) < 4.78 is 10.9. The van der Waals surface area contributed by atoms with Gasteiger partial charge in [-0.1, -0.05) is 30.3 Å². The molecule has 4 rings (SSSR count). The van der Waals surface area contributed by atoms with Gasteiger partial charge in [-0.25, -0.2) is 0 Å². The zero-order valence-electron chi connectivity index (χ0n) is 21.3. The van der Waals surface area contributed by atoms with Gasteiger partial charge in [-0.3, -0.25) is 9.69 Å². The molecule has 5 heteroatoms. The molecule has 1 saturated heterocycles. The van der Waals surface area contributed by atoms with Gasteiger partial charge in [0, 0.05) is 37.7 Å². The lowest BCUT2D eigenvalue weighted by molar-refractivity contribution is -0.128. The molecule has 1 aliphatic carbocycles. The fourth-order valence-electron chi connectivity index (χ4n) is 6.01. The Hall–Kier alpha value is -3.05. The first-order valence-corrected chi connectivity index (χ1v) is 12.6. The molecular weight excluding hydrogens is 436 g/mol. The van der Waals surface area contributed by atoms with Crippen LogP contribution >= 0.6 is 0 Å². The molecule has 2 aromatic rings. The van der Waals surface area contributed by atoms with Crippen molar-refractivity contribution in [1.82, 2.24) is 9.80 Å². The molecule has 1 heterocycles. The van der Waals surface area contributed by atoms with E-state index in [-0.39, 0.29) is 17.4 Å². The highest BCUT2D eigenvalue weighted by Crippen LogP contribution is 2.50. The van der Waals surface area contributed by atoms with Crippen LogP contribution in [-0.4, -0.2) is 62.7 Å². The van der Waals surface area contributed by atoms with Crippen LogP contribution in [0, 0.1) is 5.92 Å². The Kier molecular flexibility index (Phi) is 7.97. The zero-order chi connectivity index (χ0) is 24.8. The molecule has 5 nitrogen and oxygen atoms in total. The van der Waals surface area contributed by atoms with Gasteiger partial charge in [0.25, 0.3) is 0 Å². The standard InChI is InChI=1S/C30H38N2O3/c1-5-17-32-18-16-30(24-9-7-11-28(20-24)35-4)21-26(14-13-25(30)22-32)31(2)29(33)15-12-23-8-6-10-27(19-23)34-3/h5-12,15,19-20,25-26H,1,13-14,16-18,21-22H2,2-4H3/t25-,26+,30+/m1/s1. The van der Waals surface area contributed by atoms with Crippen molar-refractivity contribution in [2.24, 2.45) is 5.92 Å². The number of fused-ring (bicyclic) bond motifs is 1. The fraction of sp³-hybridized carbons (Fsp3) is 0.433. The molecule has 186 valence electrons. The summed E-state index contributed by atoms with van der Waals surface area (Å²) >= 11 is 0. The van der Waals surface area contributed by atoms with E-state index in [1.807, 2.05) is 54.4 Å². The molecular formula is C30H38N2O3. The van der Waals surface area contributed by atoms with Crippen LogP contribution in [0.15, 0.2) is 67.3 Å². The third-order valence-electron chi connectivity index (χ3n) is 8.02. The second-order valence-electron chi connectivity index (χ2n) is 9.88. The van der Waals surface area contributed by atoms with Crippen LogP contribution in [0.25, 0.3) is 6.08 Å². The highest BCUT2D eigenvalue weighted by atomic mass is 16.5. The number of rotatable bonds is 8. The molecule has 1 saturated carbocycles. The molecule has 2 aliphatic rings. The average molecular weight is 475 g/mol. The van der Waals surface area contributed by atoms with Gasteiger partial charge in [-0.2, -0.15) is 0 Å². The smallest absolute Gasteiger partial charge is 0.246 e. The quantitative estimate of drug-likeness (QED) is 0.391. The number of nitrogens with zero attached hydrogens (tertiary/aromatic N) is 2. The lowest BCUT2D eigenvalue weighted by atomic mass is 9.57. The lowest BCUT2D eigenvalue weighted by Gasteiger charge is -2.54. The number of piperidine rings is 1. The Morgan fingerprint density at radius 3 is 2.63 bits per heavy atom. The van der Waals surface area contributed by atoms with Crippen molar-refractivity contribution in [3.05, 3.63) is 78.4 Å². The topological polar surface area (TPSA) is 42.0 Å². The van der Waals surface area contributed by atoms with E-state index < -0.39 is 0 Å². The molecule has 0 radical (unpaired) electrons. The second-order valence-corrected chi connectivity index (χ2v) is 9.88. The van der Waals surface area contributed by atoms with Gasteiger partial charge in [0.2, 0.25) is 5.91 Å². The predicted molar refractivity (Wildman–Crippen MR) is 142 cm³/mol. The van der Waals surface area contributed by atoms with Gasteiger partial charge < -0.3 is 14.4 Å². The average Bonchev–Trinajstić information content (AvgIpc) is 2.91. The van der Waals surface area contributed by atoms with Crippen LogP contribution in [-0.2, 0) is 10.2 Å². The van der Waals surface area contributed by atoms with Gasteiger partial charge >= 0.3 is 0 Å². The van der Waals surface area contributed by atoms with E-state index in [0.717, 1.165) is 62.4 Å². The van der Waals surface area contributed by atoms with Crippen molar-refractivity contribution >= 4 is 12.0 Å². The van der Waals surface area contributed by atoms with Crippen LogP contribution in [0.5, 0.6) is 11.5 Å². The maximum atomic E-state index is 13.2. The summed E-state index contributed by atoms with van der Waals surface area (Å²) in [7, 11) is 5.33. The van der Waals surface area contributed by atoms with E-state index in [0.29, 0.717) is 5.92 Å². The van der Waals surface area contributed by atoms with E-state index in [4.69, 9.17) is 9.47 Å². The minimum Gasteiger partial charge on any atom is -0.497 e. The van der Waals surface area contributed by atoms with Crippen molar-refractivity contribution in [3.8, 4) is 11.5 Å². The molecule has 1 aliphatic heterocycles. The summed E-state index contributed by atoms with van der Waals surface area (Å²) in [6.45, 7) is 6.99. The molecule has 0 N–H and O–H groups in total. The minimum absolute atomic E-state index is 0.0418. The summed E-state index contributed by atoms with van der Waals surface area (Å²) in [6, 6.07) is 16.5. The Morgan fingerprint density at radius 1 is 1.14 bits per heavy atom. The number of ether oxygens (including phenoxy) is 2. The van der Waals surface area contributed by atoms with Crippen LogP contribution in [0.3, 0.4) is 0 Å². The monoisotopic (exact) mass is 474 g/mol. The first kappa shape index (κ1) is 25.1. The molecule has 0 aromatic heterocycles. The first-order chi connectivity index (χ1) is 17.0. The van der Waals surface area contributed by atoms with E-state index in [1.165, 1.54) is 5.56 Å². The van der Waals surface area contributed by atoms with Crippen molar-refractivity contribution < 1.29 is 14.3 Å². The van der Waals surface area contributed by atoms with Crippen molar-refractivity contribution in [1.29, 1.82) is 0 Å². The van der Waals surface area contributed by atoms with Crippen LogP contribution in [0.2, 0.25) is 0 Å². The molecule has 35 heavy (non-hydrogen) atoms. The van der Waals surface area contributed by atoms with Crippen LogP contribution in [0.4, 0.5) is 0 Å². The Bertz CT molecular complexity index is 1070. The SMILES string of the molecule is C=CCN1CC[C@@]2(c3cccc(OC)c3)C[C@@H](N(C)C(=O)C=Cc3cccc(OC)c3)CC[C@@H]2C1. The highest BCUT2D eigenvalue weighted by molar-refractivity contribution is 5.91. The van der Waals surface area contributed by atoms with Crippen LogP contribution in [0.1, 0.15) is 36.8 Å². The highest BCUT2D eigenvalue weighted by Gasteiger charge is 2.49. The Labute approximate surface area is 210 Å². The number of carbonyl (C=O) groups excluding carboxylic acids is 1. The number of methoxy groups -OCH3 is 2. The van der Waals surface area contributed by atoms with E-state index in [1.54, 1.807) is 20.3 Å². The van der Waals surface area contributed by atoms with Crippen molar-refractivity contribution in [2.45, 2.75) is 37.1 Å². The van der Waals surface area contributed by atoms with E-state index in [9.17, 15) is 4.79 Å². The van der Waals surface area contributed by atoms with Gasteiger partial charge in [-0.05, 0) is 79.6 Å². The van der Waals surface area contributed by atoms with Gasteiger partial charge in [0.05, 0.1) is 14.2 Å². The molecule has 0 spiro atoms.